The van der Waals surface area contributed by atoms with E-state index in [0.29, 0.717) is 31.0 Å². The van der Waals surface area contributed by atoms with Crippen molar-refractivity contribution in [2.24, 2.45) is 0 Å². The second kappa shape index (κ2) is 9.22. The minimum atomic E-state index is -0.142. The predicted molar refractivity (Wildman–Crippen MR) is 115 cm³/mol. The van der Waals surface area contributed by atoms with Crippen LogP contribution in [0.5, 0.6) is 0 Å². The number of fused-ring (bicyclic) bond motifs is 1. The molecule has 0 aliphatic carbocycles. The fourth-order valence-corrected chi connectivity index (χ4v) is 3.43. The van der Waals surface area contributed by atoms with Crippen LogP contribution in [0.4, 0.5) is 0 Å². The summed E-state index contributed by atoms with van der Waals surface area (Å²) in [5.41, 5.74) is 3.02. The molecule has 0 radical (unpaired) electrons. The van der Waals surface area contributed by atoms with Gasteiger partial charge in [0.05, 0.1) is 23.8 Å². The molecule has 0 atom stereocenters. The molecule has 0 unspecified atom stereocenters. The molecule has 0 aliphatic rings. The zero-order valence-corrected chi connectivity index (χ0v) is 16.6. The topological polar surface area (TPSA) is 77.1 Å². The zero-order valence-electron chi connectivity index (χ0n) is 16.6. The number of aromatic nitrogens is 2. The molecule has 30 heavy (non-hydrogen) atoms. The molecule has 2 aromatic heterocycles. The highest BCUT2D eigenvalue weighted by molar-refractivity contribution is 5.77. The van der Waals surface area contributed by atoms with E-state index in [0.717, 1.165) is 17.5 Å². The fraction of sp³-hybridized carbons (Fsp3) is 0.208. The van der Waals surface area contributed by atoms with Gasteiger partial charge in [0.2, 0.25) is 5.91 Å². The lowest BCUT2D eigenvalue weighted by molar-refractivity contribution is -0.121. The van der Waals surface area contributed by atoms with Crippen LogP contribution in [0.3, 0.4) is 0 Å². The van der Waals surface area contributed by atoms with Crippen LogP contribution in [0.25, 0.3) is 11.0 Å². The van der Waals surface area contributed by atoms with Crippen LogP contribution in [0.15, 0.2) is 82.2 Å². The zero-order chi connectivity index (χ0) is 20.8. The van der Waals surface area contributed by atoms with Gasteiger partial charge in [0.25, 0.3) is 5.56 Å². The monoisotopic (exact) mass is 401 g/mol. The smallest absolute Gasteiger partial charge is 0.272 e. The first kappa shape index (κ1) is 19.6. The number of para-hydroxylation sites is 2. The van der Waals surface area contributed by atoms with Crippen molar-refractivity contribution >= 4 is 16.9 Å². The van der Waals surface area contributed by atoms with Gasteiger partial charge in [-0.15, -0.1) is 0 Å². The first-order chi connectivity index (χ1) is 14.7. The van der Waals surface area contributed by atoms with Gasteiger partial charge in [-0.3, -0.25) is 9.59 Å². The predicted octanol–water partition coefficient (Wildman–Crippen LogP) is 3.48. The van der Waals surface area contributed by atoms with Gasteiger partial charge in [-0.2, -0.15) is 0 Å². The molecular formula is C24H23N3O3. The number of carbonyl (C=O) groups excluding carboxylic acids is 1. The van der Waals surface area contributed by atoms with Crippen LogP contribution < -0.4 is 10.9 Å². The van der Waals surface area contributed by atoms with E-state index in [1.807, 2.05) is 42.5 Å². The van der Waals surface area contributed by atoms with Crippen molar-refractivity contribution in [1.29, 1.82) is 0 Å². The van der Waals surface area contributed by atoms with Crippen molar-refractivity contribution in [3.8, 4) is 0 Å². The number of benzene rings is 2. The van der Waals surface area contributed by atoms with Crippen molar-refractivity contribution in [2.75, 3.05) is 0 Å². The summed E-state index contributed by atoms with van der Waals surface area (Å²) in [7, 11) is 0. The summed E-state index contributed by atoms with van der Waals surface area (Å²) < 4.78 is 6.98. The molecule has 1 N–H and O–H groups in total. The van der Waals surface area contributed by atoms with Gasteiger partial charge in [-0.25, -0.2) is 4.98 Å². The summed E-state index contributed by atoms with van der Waals surface area (Å²) in [4.78, 5) is 29.8. The lowest BCUT2D eigenvalue weighted by Gasteiger charge is -2.12. The molecule has 0 aliphatic heterocycles. The highest BCUT2D eigenvalue weighted by atomic mass is 16.3. The molecule has 1 amide bonds. The average Bonchev–Trinajstić information content (AvgIpc) is 3.30. The standard InChI is InChI=1S/C24H23N3O3/c28-23(25-17-19-9-6-16-30-19)13-12-21-24(29)27(15-14-18-7-2-1-3-8-18)22-11-5-4-10-20(22)26-21/h1-11,16H,12-15,17H2,(H,25,28). The van der Waals surface area contributed by atoms with Crippen molar-refractivity contribution < 1.29 is 9.21 Å². The Morgan fingerprint density at radius 1 is 0.967 bits per heavy atom. The van der Waals surface area contributed by atoms with Crippen molar-refractivity contribution in [2.45, 2.75) is 32.4 Å². The molecule has 4 rings (SSSR count). The Labute approximate surface area is 174 Å². The maximum Gasteiger partial charge on any atom is 0.272 e. The SMILES string of the molecule is O=C(CCc1nc2ccccc2n(CCc2ccccc2)c1=O)NCc1ccco1. The second-order valence-electron chi connectivity index (χ2n) is 7.10. The summed E-state index contributed by atoms with van der Waals surface area (Å²) in [5.74, 6) is 0.548. The molecule has 4 aromatic rings. The number of hydrogen-bond acceptors (Lipinski definition) is 4. The Balaban J connectivity index is 1.50. The molecule has 2 aromatic carbocycles. The number of carbonyl (C=O) groups is 1. The van der Waals surface area contributed by atoms with Crippen molar-refractivity contribution in [3.05, 3.63) is 100 Å². The Hall–Kier alpha value is -3.67. The third-order valence-electron chi connectivity index (χ3n) is 5.02. The van der Waals surface area contributed by atoms with Crippen molar-refractivity contribution in [3.63, 3.8) is 0 Å². The first-order valence-corrected chi connectivity index (χ1v) is 10.0. The molecule has 0 saturated heterocycles. The van der Waals surface area contributed by atoms with E-state index in [2.05, 4.69) is 22.4 Å². The highest BCUT2D eigenvalue weighted by Gasteiger charge is 2.13. The van der Waals surface area contributed by atoms with Gasteiger partial charge >= 0.3 is 0 Å². The van der Waals surface area contributed by atoms with Crippen LogP contribution >= 0.6 is 0 Å². The summed E-state index contributed by atoms with van der Waals surface area (Å²) in [6.45, 7) is 0.891. The van der Waals surface area contributed by atoms with E-state index >= 15 is 0 Å². The first-order valence-electron chi connectivity index (χ1n) is 10.0. The third-order valence-corrected chi connectivity index (χ3v) is 5.02. The van der Waals surface area contributed by atoms with Gasteiger partial charge in [-0.05, 0) is 36.2 Å². The number of rotatable bonds is 8. The molecule has 0 spiro atoms. The minimum Gasteiger partial charge on any atom is -0.467 e. The highest BCUT2D eigenvalue weighted by Crippen LogP contribution is 2.12. The summed E-state index contributed by atoms with van der Waals surface area (Å²) in [6.07, 6.45) is 2.80. The van der Waals surface area contributed by atoms with Gasteiger partial charge in [-0.1, -0.05) is 42.5 Å². The number of nitrogens with one attached hydrogen (secondary N) is 1. The second-order valence-corrected chi connectivity index (χ2v) is 7.10. The third kappa shape index (κ3) is 4.66. The maximum atomic E-state index is 13.1. The van der Waals surface area contributed by atoms with Gasteiger partial charge in [0, 0.05) is 19.4 Å². The number of furan rings is 1. The van der Waals surface area contributed by atoms with E-state index in [9.17, 15) is 9.59 Å². The molecule has 152 valence electrons. The molecule has 6 nitrogen and oxygen atoms in total. The van der Waals surface area contributed by atoms with Gasteiger partial charge in [0.15, 0.2) is 0 Å². The normalized spacial score (nSPS) is 10.9. The summed E-state index contributed by atoms with van der Waals surface area (Å²) in [5, 5.41) is 2.80. The quantitative estimate of drug-likeness (QED) is 0.490. The van der Waals surface area contributed by atoms with Crippen LogP contribution in [0.2, 0.25) is 0 Å². The van der Waals surface area contributed by atoms with Crippen LogP contribution in [-0.2, 0) is 30.7 Å². The molecule has 0 bridgehead atoms. The number of aryl methyl sites for hydroxylation is 3. The average molecular weight is 401 g/mol. The van der Waals surface area contributed by atoms with E-state index in [4.69, 9.17) is 4.42 Å². The molecule has 0 fully saturated rings. The lowest BCUT2D eigenvalue weighted by Crippen LogP contribution is -2.28. The Morgan fingerprint density at radius 3 is 2.57 bits per heavy atom. The minimum absolute atomic E-state index is 0.136. The van der Waals surface area contributed by atoms with E-state index in [-0.39, 0.29) is 17.9 Å². The number of hydrogen-bond donors (Lipinski definition) is 1. The fourth-order valence-electron chi connectivity index (χ4n) is 3.43. The molecule has 0 saturated carbocycles. The Kier molecular flexibility index (Phi) is 6.03. The van der Waals surface area contributed by atoms with Gasteiger partial charge in [0.1, 0.15) is 11.5 Å². The Morgan fingerprint density at radius 2 is 1.77 bits per heavy atom. The number of nitrogens with zero attached hydrogens (tertiary/aromatic N) is 2. The lowest BCUT2D eigenvalue weighted by atomic mass is 10.1. The van der Waals surface area contributed by atoms with E-state index in [1.165, 1.54) is 5.56 Å². The van der Waals surface area contributed by atoms with Crippen molar-refractivity contribution in [1.82, 2.24) is 14.9 Å². The molecule has 2 heterocycles. The Bertz CT molecular complexity index is 1180. The largest absolute Gasteiger partial charge is 0.467 e. The summed E-state index contributed by atoms with van der Waals surface area (Å²) in [6, 6.07) is 21.3. The van der Waals surface area contributed by atoms with E-state index in [1.54, 1.807) is 23.0 Å². The summed E-state index contributed by atoms with van der Waals surface area (Å²) >= 11 is 0. The van der Waals surface area contributed by atoms with Gasteiger partial charge < -0.3 is 14.3 Å². The van der Waals surface area contributed by atoms with Crippen LogP contribution in [0.1, 0.15) is 23.4 Å². The molecular weight excluding hydrogens is 378 g/mol. The van der Waals surface area contributed by atoms with E-state index < -0.39 is 0 Å². The van der Waals surface area contributed by atoms with Crippen LogP contribution in [0, 0.1) is 0 Å². The molecule has 6 heteroatoms. The maximum absolute atomic E-state index is 13.1. The number of amides is 1. The van der Waals surface area contributed by atoms with Crippen LogP contribution in [-0.4, -0.2) is 15.5 Å².